The van der Waals surface area contributed by atoms with Gasteiger partial charge in [0, 0.05) is 18.8 Å². The fourth-order valence-corrected chi connectivity index (χ4v) is 3.51. The Morgan fingerprint density at radius 2 is 2.08 bits per heavy atom. The Balaban J connectivity index is 1.85. The lowest BCUT2D eigenvalue weighted by molar-refractivity contribution is 0.444. The molecule has 0 saturated carbocycles. The number of hydrogen-bond acceptors (Lipinski definition) is 7. The molecule has 0 spiro atoms. The molecule has 0 amide bonds. The van der Waals surface area contributed by atoms with E-state index in [1.165, 1.54) is 24.8 Å². The predicted molar refractivity (Wildman–Crippen MR) is 98.5 cm³/mol. The van der Waals surface area contributed by atoms with Crippen molar-refractivity contribution < 1.29 is 8.42 Å². The highest BCUT2D eigenvalue weighted by Gasteiger charge is 2.21. The summed E-state index contributed by atoms with van der Waals surface area (Å²) in [4.78, 5) is 10.8. The first-order chi connectivity index (χ1) is 12.4. The number of nitrogens with two attached hydrogens (primary N) is 1. The minimum atomic E-state index is -3.73. The molecule has 9 heteroatoms. The molecule has 3 rings (SSSR count). The molecule has 0 unspecified atom stereocenters. The van der Waals surface area contributed by atoms with Gasteiger partial charge in [0.2, 0.25) is 16.0 Å². The van der Waals surface area contributed by atoms with Crippen LogP contribution in [0, 0.1) is 17.2 Å². The van der Waals surface area contributed by atoms with Crippen LogP contribution in [0.25, 0.3) is 0 Å². The first-order valence-corrected chi connectivity index (χ1v) is 9.83. The molecule has 1 aromatic carbocycles. The lowest BCUT2D eigenvalue weighted by atomic mass is 10.00. The first kappa shape index (κ1) is 18.1. The molecule has 2 aromatic rings. The van der Waals surface area contributed by atoms with Gasteiger partial charge in [0.05, 0.1) is 11.1 Å². The summed E-state index contributed by atoms with van der Waals surface area (Å²) < 4.78 is 22.6. The van der Waals surface area contributed by atoms with Gasteiger partial charge < -0.3 is 10.2 Å². The van der Waals surface area contributed by atoms with E-state index in [-0.39, 0.29) is 4.90 Å². The molecular formula is C17H20N6O2S. The Morgan fingerprint density at radius 1 is 1.35 bits per heavy atom. The maximum Gasteiger partial charge on any atom is 0.238 e. The van der Waals surface area contributed by atoms with Gasteiger partial charge in [-0.15, -0.1) is 0 Å². The van der Waals surface area contributed by atoms with Crippen LogP contribution < -0.4 is 15.4 Å². The van der Waals surface area contributed by atoms with Crippen molar-refractivity contribution in [1.82, 2.24) is 9.97 Å². The molecule has 2 heterocycles. The average Bonchev–Trinajstić information content (AvgIpc) is 2.61. The third-order valence-corrected chi connectivity index (χ3v) is 5.21. The molecule has 1 fully saturated rings. The summed E-state index contributed by atoms with van der Waals surface area (Å²) in [6, 6.07) is 8.14. The van der Waals surface area contributed by atoms with Crippen LogP contribution in [-0.4, -0.2) is 31.5 Å². The number of piperidine rings is 1. The summed E-state index contributed by atoms with van der Waals surface area (Å²) in [7, 11) is -3.73. The highest BCUT2D eigenvalue weighted by atomic mass is 32.2. The van der Waals surface area contributed by atoms with Gasteiger partial charge in [0.25, 0.3) is 0 Å². The Kier molecular flexibility index (Phi) is 5.06. The van der Waals surface area contributed by atoms with Crippen LogP contribution in [-0.2, 0) is 10.0 Å². The van der Waals surface area contributed by atoms with Crippen molar-refractivity contribution in [2.45, 2.75) is 24.7 Å². The Bertz CT molecular complexity index is 937. The fourth-order valence-electron chi connectivity index (χ4n) is 2.99. The van der Waals surface area contributed by atoms with E-state index in [4.69, 9.17) is 5.14 Å². The summed E-state index contributed by atoms with van der Waals surface area (Å²) >= 11 is 0. The second-order valence-electron chi connectivity index (χ2n) is 6.43. The monoisotopic (exact) mass is 372 g/mol. The number of sulfonamides is 1. The van der Waals surface area contributed by atoms with E-state index in [0.29, 0.717) is 28.9 Å². The van der Waals surface area contributed by atoms with Crippen molar-refractivity contribution in [2.75, 3.05) is 23.3 Å². The van der Waals surface area contributed by atoms with E-state index in [1.54, 1.807) is 12.1 Å². The van der Waals surface area contributed by atoms with E-state index in [9.17, 15) is 13.7 Å². The summed E-state index contributed by atoms with van der Waals surface area (Å²) in [5, 5.41) is 17.5. The standard InChI is InChI=1S/C17H20N6O2S/c1-12-3-2-8-23(11-12)16-13(9-18)10-20-17(22-16)21-14-4-6-15(7-5-14)26(19,24)25/h4-7,10,12H,2-3,8,11H2,1H3,(H2,19,24,25)(H,20,21,22)/t12-/m0/s1. The molecule has 1 saturated heterocycles. The van der Waals surface area contributed by atoms with E-state index in [0.717, 1.165) is 19.5 Å². The maximum atomic E-state index is 11.3. The molecule has 0 aliphatic carbocycles. The number of aromatic nitrogens is 2. The zero-order chi connectivity index (χ0) is 18.7. The van der Waals surface area contributed by atoms with E-state index in [2.05, 4.69) is 33.2 Å². The topological polar surface area (TPSA) is 125 Å². The summed E-state index contributed by atoms with van der Waals surface area (Å²) in [5.74, 6) is 1.52. The third-order valence-electron chi connectivity index (χ3n) is 4.28. The number of nitrogens with one attached hydrogen (secondary N) is 1. The minimum Gasteiger partial charge on any atom is -0.355 e. The lowest BCUT2D eigenvalue weighted by Gasteiger charge is -2.32. The molecule has 1 aliphatic rings. The fraction of sp³-hybridized carbons (Fsp3) is 0.353. The van der Waals surface area contributed by atoms with Gasteiger partial charge in [-0.25, -0.2) is 18.5 Å². The van der Waals surface area contributed by atoms with Crippen molar-refractivity contribution >= 4 is 27.5 Å². The predicted octanol–water partition coefficient (Wildman–Crippen LogP) is 1.98. The van der Waals surface area contributed by atoms with Gasteiger partial charge in [-0.3, -0.25) is 0 Å². The summed E-state index contributed by atoms with van der Waals surface area (Å²) in [6.07, 6.45) is 3.74. The summed E-state index contributed by atoms with van der Waals surface area (Å²) in [6.45, 7) is 3.90. The quantitative estimate of drug-likeness (QED) is 0.840. The average molecular weight is 372 g/mol. The smallest absolute Gasteiger partial charge is 0.238 e. The number of benzene rings is 1. The van der Waals surface area contributed by atoms with Gasteiger partial charge in [-0.05, 0) is 43.0 Å². The van der Waals surface area contributed by atoms with Crippen LogP contribution in [0.2, 0.25) is 0 Å². The molecule has 26 heavy (non-hydrogen) atoms. The largest absolute Gasteiger partial charge is 0.355 e. The van der Waals surface area contributed by atoms with Crippen molar-refractivity contribution in [3.8, 4) is 6.07 Å². The Labute approximate surface area is 152 Å². The van der Waals surface area contributed by atoms with E-state index < -0.39 is 10.0 Å². The third kappa shape index (κ3) is 4.09. The van der Waals surface area contributed by atoms with Crippen molar-refractivity contribution in [1.29, 1.82) is 5.26 Å². The van der Waals surface area contributed by atoms with Crippen LogP contribution in [0.15, 0.2) is 35.4 Å². The van der Waals surface area contributed by atoms with Crippen molar-refractivity contribution in [2.24, 2.45) is 11.1 Å². The van der Waals surface area contributed by atoms with Crippen LogP contribution in [0.5, 0.6) is 0 Å². The highest BCUT2D eigenvalue weighted by Crippen LogP contribution is 2.25. The van der Waals surface area contributed by atoms with Gasteiger partial charge in [-0.2, -0.15) is 10.2 Å². The zero-order valence-electron chi connectivity index (χ0n) is 14.4. The number of nitriles is 1. The second kappa shape index (κ2) is 7.27. The number of nitrogens with zero attached hydrogens (tertiary/aromatic N) is 4. The molecule has 1 aliphatic heterocycles. The van der Waals surface area contributed by atoms with Gasteiger partial charge in [0.1, 0.15) is 11.6 Å². The molecule has 3 N–H and O–H groups in total. The van der Waals surface area contributed by atoms with E-state index >= 15 is 0 Å². The summed E-state index contributed by atoms with van der Waals surface area (Å²) in [5.41, 5.74) is 1.06. The number of anilines is 3. The molecule has 8 nitrogen and oxygen atoms in total. The maximum absolute atomic E-state index is 11.3. The second-order valence-corrected chi connectivity index (χ2v) is 7.99. The Morgan fingerprint density at radius 3 is 2.69 bits per heavy atom. The molecule has 1 atom stereocenters. The molecule has 0 radical (unpaired) electrons. The first-order valence-electron chi connectivity index (χ1n) is 8.29. The van der Waals surface area contributed by atoms with Gasteiger partial charge >= 0.3 is 0 Å². The minimum absolute atomic E-state index is 0.0341. The van der Waals surface area contributed by atoms with Crippen LogP contribution in [0.3, 0.4) is 0 Å². The molecule has 136 valence electrons. The number of rotatable bonds is 4. The highest BCUT2D eigenvalue weighted by molar-refractivity contribution is 7.89. The number of primary sulfonamides is 1. The van der Waals surface area contributed by atoms with Gasteiger partial charge in [0.15, 0.2) is 5.82 Å². The zero-order valence-corrected chi connectivity index (χ0v) is 15.2. The molecule has 1 aromatic heterocycles. The molecule has 0 bridgehead atoms. The lowest BCUT2D eigenvalue weighted by Crippen LogP contribution is -2.35. The van der Waals surface area contributed by atoms with E-state index in [1.807, 2.05) is 0 Å². The van der Waals surface area contributed by atoms with Crippen molar-refractivity contribution in [3.05, 3.63) is 36.0 Å². The Hall–Kier alpha value is -2.70. The van der Waals surface area contributed by atoms with Crippen molar-refractivity contribution in [3.63, 3.8) is 0 Å². The molecular weight excluding hydrogens is 352 g/mol. The SMILES string of the molecule is C[C@H]1CCCN(c2nc(Nc3ccc(S(N)(=O)=O)cc3)ncc2C#N)C1. The van der Waals surface area contributed by atoms with Gasteiger partial charge in [-0.1, -0.05) is 6.92 Å². The van der Waals surface area contributed by atoms with Crippen LogP contribution in [0.1, 0.15) is 25.3 Å². The number of hydrogen-bond donors (Lipinski definition) is 2. The normalized spacial score (nSPS) is 17.6. The van der Waals surface area contributed by atoms with Crippen LogP contribution in [0.4, 0.5) is 17.5 Å². The van der Waals surface area contributed by atoms with Crippen LogP contribution >= 0.6 is 0 Å².